The maximum absolute atomic E-state index is 6.83. The Bertz CT molecular complexity index is 4150. The van der Waals surface area contributed by atoms with Crippen LogP contribution in [0.1, 0.15) is 22.3 Å². The molecule has 2 aliphatic rings. The zero-order valence-corrected chi connectivity index (χ0v) is 34.8. The molecule has 0 saturated carbocycles. The van der Waals surface area contributed by atoms with Gasteiger partial charge >= 0.3 is 0 Å². The molecule has 0 atom stereocenters. The summed E-state index contributed by atoms with van der Waals surface area (Å²) in [5, 5.41) is 9.35. The number of para-hydroxylation sites is 1. The van der Waals surface area contributed by atoms with Gasteiger partial charge in [0.15, 0.2) is 17.5 Å². The Kier molecular flexibility index (Phi) is 6.82. The van der Waals surface area contributed by atoms with Crippen molar-refractivity contribution in [2.45, 2.75) is 5.41 Å². The van der Waals surface area contributed by atoms with Crippen LogP contribution in [-0.2, 0) is 5.41 Å². The number of nitrogens with zero attached hydrogens (tertiary/aromatic N) is 4. The van der Waals surface area contributed by atoms with Crippen molar-refractivity contribution in [1.29, 1.82) is 0 Å². The fraction of sp³-hybridized carbons (Fsp3) is 0.0167. The van der Waals surface area contributed by atoms with E-state index in [1.807, 2.05) is 30.3 Å². The van der Waals surface area contributed by atoms with E-state index in [4.69, 9.17) is 19.4 Å². The second-order valence-electron chi connectivity index (χ2n) is 17.4. The lowest BCUT2D eigenvalue weighted by Crippen LogP contribution is -2.30. The summed E-state index contributed by atoms with van der Waals surface area (Å²) < 4.78 is 9.27. The van der Waals surface area contributed by atoms with E-state index >= 15 is 0 Å². The molecule has 300 valence electrons. The van der Waals surface area contributed by atoms with E-state index < -0.39 is 5.41 Å². The largest absolute Gasteiger partial charge is 0.456 e. The molecule has 65 heavy (non-hydrogen) atoms. The number of benzene rings is 10. The summed E-state index contributed by atoms with van der Waals surface area (Å²) in [6.45, 7) is 0. The highest BCUT2D eigenvalue weighted by Crippen LogP contribution is 2.62. The van der Waals surface area contributed by atoms with Crippen LogP contribution in [0.25, 0.3) is 116 Å². The van der Waals surface area contributed by atoms with E-state index in [-0.39, 0.29) is 0 Å². The fourth-order valence-corrected chi connectivity index (χ4v) is 11.6. The minimum Gasteiger partial charge on any atom is -0.456 e. The van der Waals surface area contributed by atoms with Gasteiger partial charge in [0, 0.05) is 44.3 Å². The Labute approximate surface area is 372 Å². The maximum atomic E-state index is 6.83. The number of hydrogen-bond acceptors (Lipinski definition) is 4. The summed E-state index contributed by atoms with van der Waals surface area (Å²) in [5.41, 5.74) is 14.9. The molecule has 3 aromatic heterocycles. The second-order valence-corrected chi connectivity index (χ2v) is 17.4. The Morgan fingerprint density at radius 2 is 0.969 bits per heavy atom. The molecule has 5 nitrogen and oxygen atoms in total. The molecular weight excluding hydrogens is 793 g/mol. The van der Waals surface area contributed by atoms with Crippen molar-refractivity contribution in [3.63, 3.8) is 0 Å². The van der Waals surface area contributed by atoms with E-state index in [9.17, 15) is 0 Å². The van der Waals surface area contributed by atoms with Crippen molar-refractivity contribution in [2.24, 2.45) is 0 Å². The summed E-state index contributed by atoms with van der Waals surface area (Å²) in [5.74, 6) is 1.80. The minimum atomic E-state index is -0.495. The molecule has 3 heterocycles. The quantitative estimate of drug-likeness (QED) is 0.177. The van der Waals surface area contributed by atoms with Crippen LogP contribution >= 0.6 is 0 Å². The highest BCUT2D eigenvalue weighted by molar-refractivity contribution is 6.27. The van der Waals surface area contributed by atoms with Crippen molar-refractivity contribution in [2.75, 3.05) is 0 Å². The van der Waals surface area contributed by atoms with Crippen LogP contribution in [0.3, 0.4) is 0 Å². The van der Waals surface area contributed by atoms with Crippen LogP contribution in [0.2, 0.25) is 0 Å². The Morgan fingerprint density at radius 3 is 1.80 bits per heavy atom. The van der Waals surface area contributed by atoms with Gasteiger partial charge in [0.05, 0.1) is 22.1 Å². The molecular formula is C60H34N4O. The predicted molar refractivity (Wildman–Crippen MR) is 264 cm³/mol. The minimum absolute atomic E-state index is 0.495. The summed E-state index contributed by atoms with van der Waals surface area (Å²) in [6, 6.07) is 74.2. The third-order valence-corrected chi connectivity index (χ3v) is 14.2. The lowest BCUT2D eigenvalue weighted by molar-refractivity contribution is 0.668. The van der Waals surface area contributed by atoms with Gasteiger partial charge in [-0.2, -0.15) is 0 Å². The van der Waals surface area contributed by atoms with Crippen LogP contribution in [0.15, 0.2) is 211 Å². The van der Waals surface area contributed by atoms with Crippen LogP contribution < -0.4 is 0 Å². The molecule has 10 aromatic carbocycles. The SMILES string of the molecule is c1ccc(-c2nc(-c3ccc4ccccc4c3)nc(-c3cc(-n4c5cccc6c5c5c7c(cccc7ccc54)C64c5ccccc5-c5ccccc54)cc4oc5ccccc5c34)n2)cc1. The predicted octanol–water partition coefficient (Wildman–Crippen LogP) is 14.9. The van der Waals surface area contributed by atoms with Gasteiger partial charge in [-0.25, -0.2) is 15.0 Å². The molecule has 13 aromatic rings. The maximum Gasteiger partial charge on any atom is 0.164 e. The first-order chi connectivity index (χ1) is 32.2. The first-order valence-corrected chi connectivity index (χ1v) is 22.2. The zero-order valence-electron chi connectivity index (χ0n) is 34.8. The summed E-state index contributed by atoms with van der Waals surface area (Å²) in [4.78, 5) is 15.8. The van der Waals surface area contributed by atoms with Crippen LogP contribution in [0, 0.1) is 0 Å². The highest BCUT2D eigenvalue weighted by atomic mass is 16.3. The normalized spacial score (nSPS) is 13.4. The molecule has 0 radical (unpaired) electrons. The molecule has 2 aliphatic carbocycles. The van der Waals surface area contributed by atoms with Gasteiger partial charge in [0.25, 0.3) is 0 Å². The summed E-state index contributed by atoms with van der Waals surface area (Å²) >= 11 is 0. The molecule has 0 fully saturated rings. The van der Waals surface area contributed by atoms with Crippen molar-refractivity contribution < 1.29 is 4.42 Å². The molecule has 5 heteroatoms. The molecule has 0 amide bonds. The first-order valence-electron chi connectivity index (χ1n) is 22.2. The van der Waals surface area contributed by atoms with Gasteiger partial charge in [0.2, 0.25) is 0 Å². The van der Waals surface area contributed by atoms with E-state index in [0.29, 0.717) is 17.5 Å². The molecule has 0 unspecified atom stereocenters. The van der Waals surface area contributed by atoms with E-state index in [1.165, 1.54) is 60.3 Å². The van der Waals surface area contributed by atoms with Crippen molar-refractivity contribution >= 4 is 65.3 Å². The third-order valence-electron chi connectivity index (χ3n) is 14.2. The average Bonchev–Trinajstić information content (AvgIpc) is 4.02. The van der Waals surface area contributed by atoms with Crippen molar-refractivity contribution in [3.8, 4) is 51.0 Å². The monoisotopic (exact) mass is 826 g/mol. The van der Waals surface area contributed by atoms with Gasteiger partial charge in [-0.1, -0.05) is 170 Å². The molecule has 0 N–H and O–H groups in total. The van der Waals surface area contributed by atoms with E-state index in [1.54, 1.807) is 0 Å². The van der Waals surface area contributed by atoms with Crippen LogP contribution in [-0.4, -0.2) is 19.5 Å². The Balaban J connectivity index is 1.05. The van der Waals surface area contributed by atoms with Crippen molar-refractivity contribution in [3.05, 3.63) is 229 Å². The standard InChI is InChI=1S/C60H34N4O/c1-2-15-37(16-3-1)57-61-58(39-29-28-35-14-4-5-17-38(35)32-39)63-59(62-57)44-33-40(34-52-54(44)43-21-8-11-27-51(43)65-52)64-49-26-13-25-48-55(49)56-50(64)31-30-36-18-12-24-47(53(36)56)60(48)45-22-9-6-19-41(45)42-20-7-10-23-46(42)60/h1-34H. The molecule has 15 rings (SSSR count). The lowest BCUT2D eigenvalue weighted by atomic mass is 9.63. The van der Waals surface area contributed by atoms with Gasteiger partial charge in [-0.15, -0.1) is 0 Å². The van der Waals surface area contributed by atoms with Crippen LogP contribution in [0.5, 0.6) is 0 Å². The molecule has 0 bridgehead atoms. The fourth-order valence-electron chi connectivity index (χ4n) is 11.6. The van der Waals surface area contributed by atoms with Gasteiger partial charge in [0.1, 0.15) is 11.2 Å². The summed E-state index contributed by atoms with van der Waals surface area (Å²) in [7, 11) is 0. The number of furan rings is 1. The third kappa shape index (κ3) is 4.58. The summed E-state index contributed by atoms with van der Waals surface area (Å²) in [6.07, 6.45) is 0. The molecule has 0 aliphatic heterocycles. The number of fused-ring (bicyclic) bond motifs is 11. The smallest absolute Gasteiger partial charge is 0.164 e. The number of aromatic nitrogens is 4. The van der Waals surface area contributed by atoms with Gasteiger partial charge in [-0.05, 0) is 85.3 Å². The lowest BCUT2D eigenvalue weighted by Gasteiger charge is -2.37. The number of hydrogen-bond donors (Lipinski definition) is 0. The van der Waals surface area contributed by atoms with E-state index in [0.717, 1.165) is 60.7 Å². The number of rotatable bonds is 4. The molecule has 0 saturated heterocycles. The van der Waals surface area contributed by atoms with Crippen LogP contribution in [0.4, 0.5) is 0 Å². The Morgan fingerprint density at radius 1 is 0.354 bits per heavy atom. The average molecular weight is 827 g/mol. The van der Waals surface area contributed by atoms with E-state index in [2.05, 4.69) is 180 Å². The Hall–Kier alpha value is -8.67. The van der Waals surface area contributed by atoms with Crippen molar-refractivity contribution in [1.82, 2.24) is 19.5 Å². The zero-order chi connectivity index (χ0) is 42.4. The van der Waals surface area contributed by atoms with Gasteiger partial charge in [-0.3, -0.25) is 0 Å². The second kappa shape index (κ2) is 12.7. The first kappa shape index (κ1) is 34.9. The topological polar surface area (TPSA) is 56.7 Å². The van der Waals surface area contributed by atoms with Gasteiger partial charge < -0.3 is 8.98 Å². The highest BCUT2D eigenvalue weighted by Gasteiger charge is 2.50. The molecule has 1 spiro atoms.